The van der Waals surface area contributed by atoms with E-state index in [-0.39, 0.29) is 51.0 Å². The molecule has 1 heterocycles. The summed E-state index contributed by atoms with van der Waals surface area (Å²) < 4.78 is 45.5. The summed E-state index contributed by atoms with van der Waals surface area (Å²) in [6, 6.07) is 8.02. The quantitative estimate of drug-likeness (QED) is 0.239. The van der Waals surface area contributed by atoms with E-state index in [4.69, 9.17) is 27.9 Å². The number of alkyl halides is 3. The molecule has 1 N–H and O–H groups in total. The van der Waals surface area contributed by atoms with Gasteiger partial charge in [0, 0.05) is 23.6 Å². The maximum Gasteiger partial charge on any atom is 0.436 e. The number of benzene rings is 2. The van der Waals surface area contributed by atoms with Crippen LogP contribution >= 0.6 is 39.1 Å². The Bertz CT molecular complexity index is 1270. The van der Waals surface area contributed by atoms with Gasteiger partial charge in [-0.1, -0.05) is 23.2 Å². The van der Waals surface area contributed by atoms with Crippen LogP contribution in [0.4, 0.5) is 24.5 Å². The van der Waals surface area contributed by atoms with Gasteiger partial charge in [0.15, 0.2) is 5.69 Å². The maximum atomic E-state index is 13.0. The Labute approximate surface area is 208 Å². The Morgan fingerprint density at radius 3 is 2.56 bits per heavy atom. The maximum absolute atomic E-state index is 13.0. The number of anilines is 1. The Kier molecular flexibility index (Phi) is 7.74. The number of nitro benzene ring substituents is 1. The number of carbonyl (C=O) groups excluding carboxylic acids is 1. The summed E-state index contributed by atoms with van der Waals surface area (Å²) in [6.07, 6.45) is -4.89. The number of aromatic nitrogens is 2. The largest absolute Gasteiger partial charge is 0.455 e. The summed E-state index contributed by atoms with van der Waals surface area (Å²) in [7, 11) is 0. The van der Waals surface area contributed by atoms with E-state index in [0.29, 0.717) is 5.02 Å². The summed E-state index contributed by atoms with van der Waals surface area (Å²) in [6.45, 7) is 1.28. The Hall–Kier alpha value is -2.83. The van der Waals surface area contributed by atoms with Crippen molar-refractivity contribution in [1.29, 1.82) is 0 Å². The van der Waals surface area contributed by atoms with Crippen molar-refractivity contribution in [2.45, 2.75) is 26.1 Å². The van der Waals surface area contributed by atoms with Crippen molar-refractivity contribution in [1.82, 2.24) is 9.78 Å². The molecular weight excluding hydrogens is 568 g/mol. The van der Waals surface area contributed by atoms with Crippen molar-refractivity contribution in [3.05, 3.63) is 72.4 Å². The number of hydrogen-bond acceptors (Lipinski definition) is 5. The van der Waals surface area contributed by atoms with Crippen LogP contribution in [0.2, 0.25) is 10.0 Å². The molecule has 0 spiro atoms. The average molecular weight is 582 g/mol. The standard InChI is InChI=1S/C20H14BrCl2F3N4O4/c1-10-18(21)19(20(24,25)26)28-29(10)5-4-17(31)27-12-7-13(30(32)33)9-14(8-12)34-16-3-2-11(22)6-15(16)23/h2-3,6-9H,4-5H2,1H3,(H,27,31). The van der Waals surface area contributed by atoms with Gasteiger partial charge in [0.05, 0.1) is 38.4 Å². The van der Waals surface area contributed by atoms with Crippen molar-refractivity contribution in [3.63, 3.8) is 0 Å². The van der Waals surface area contributed by atoms with Crippen molar-refractivity contribution in [2.24, 2.45) is 0 Å². The van der Waals surface area contributed by atoms with E-state index in [2.05, 4.69) is 26.3 Å². The number of nitrogens with one attached hydrogen (secondary N) is 1. The molecule has 0 bridgehead atoms. The lowest BCUT2D eigenvalue weighted by molar-refractivity contribution is -0.384. The third-order valence-electron chi connectivity index (χ3n) is 4.46. The second-order valence-electron chi connectivity index (χ2n) is 6.92. The second-order valence-corrected chi connectivity index (χ2v) is 8.55. The number of nitro groups is 1. The highest BCUT2D eigenvalue weighted by molar-refractivity contribution is 9.10. The van der Waals surface area contributed by atoms with Gasteiger partial charge in [-0.25, -0.2) is 0 Å². The second kappa shape index (κ2) is 10.2. The van der Waals surface area contributed by atoms with Crippen molar-refractivity contribution < 1.29 is 27.6 Å². The fourth-order valence-corrected chi connectivity index (χ4v) is 3.81. The number of ether oxygens (including phenoxy) is 1. The lowest BCUT2D eigenvalue weighted by Crippen LogP contribution is -2.16. The number of amides is 1. The van der Waals surface area contributed by atoms with E-state index < -0.39 is 22.7 Å². The highest BCUT2D eigenvalue weighted by Crippen LogP contribution is 2.36. The summed E-state index contributed by atoms with van der Waals surface area (Å²) in [5.74, 6) is -0.394. The number of aryl methyl sites for hydroxylation is 1. The molecule has 0 atom stereocenters. The molecule has 1 amide bonds. The van der Waals surface area contributed by atoms with E-state index in [1.165, 1.54) is 31.2 Å². The van der Waals surface area contributed by atoms with Gasteiger partial charge in [0.1, 0.15) is 11.5 Å². The first-order valence-corrected chi connectivity index (χ1v) is 10.9. The number of halogens is 6. The van der Waals surface area contributed by atoms with Crippen LogP contribution in [0.5, 0.6) is 11.5 Å². The Morgan fingerprint density at radius 1 is 1.26 bits per heavy atom. The molecule has 1 aromatic heterocycles. The van der Waals surface area contributed by atoms with Crippen LogP contribution in [-0.2, 0) is 17.5 Å². The molecule has 2 aromatic carbocycles. The Morgan fingerprint density at radius 2 is 1.97 bits per heavy atom. The summed E-state index contributed by atoms with van der Waals surface area (Å²) in [4.78, 5) is 23.0. The lowest BCUT2D eigenvalue weighted by Gasteiger charge is -2.11. The first-order chi connectivity index (χ1) is 15.8. The van der Waals surface area contributed by atoms with E-state index in [0.717, 1.165) is 16.8 Å². The minimum atomic E-state index is -4.65. The molecule has 180 valence electrons. The smallest absolute Gasteiger partial charge is 0.436 e. The van der Waals surface area contributed by atoms with Gasteiger partial charge in [-0.05, 0) is 41.1 Å². The topological polar surface area (TPSA) is 99.3 Å². The number of non-ortho nitro benzene ring substituents is 1. The summed E-state index contributed by atoms with van der Waals surface area (Å²) >= 11 is 14.8. The minimum absolute atomic E-state index is 0.0235. The fourth-order valence-electron chi connectivity index (χ4n) is 2.86. The van der Waals surface area contributed by atoms with Crippen LogP contribution in [0.1, 0.15) is 17.8 Å². The molecule has 0 aliphatic rings. The molecule has 0 saturated carbocycles. The normalized spacial score (nSPS) is 11.4. The molecule has 0 aliphatic heterocycles. The zero-order valence-electron chi connectivity index (χ0n) is 17.1. The third kappa shape index (κ3) is 6.19. The Balaban J connectivity index is 1.76. The molecule has 0 saturated heterocycles. The molecule has 0 unspecified atom stereocenters. The van der Waals surface area contributed by atoms with Gasteiger partial charge >= 0.3 is 6.18 Å². The van der Waals surface area contributed by atoms with Crippen LogP contribution < -0.4 is 10.1 Å². The minimum Gasteiger partial charge on any atom is -0.455 e. The lowest BCUT2D eigenvalue weighted by atomic mass is 10.2. The first kappa shape index (κ1) is 25.8. The molecule has 0 fully saturated rings. The van der Waals surface area contributed by atoms with Crippen LogP contribution in [0, 0.1) is 17.0 Å². The molecule has 8 nitrogen and oxygen atoms in total. The van der Waals surface area contributed by atoms with Crippen LogP contribution in [0.15, 0.2) is 40.9 Å². The van der Waals surface area contributed by atoms with Crippen LogP contribution in [-0.4, -0.2) is 20.6 Å². The van der Waals surface area contributed by atoms with Gasteiger partial charge in [0.2, 0.25) is 5.91 Å². The summed E-state index contributed by atoms with van der Waals surface area (Å²) in [5, 5.41) is 17.8. The molecular formula is C20H14BrCl2F3N4O4. The van der Waals surface area contributed by atoms with Gasteiger partial charge in [-0.3, -0.25) is 19.6 Å². The van der Waals surface area contributed by atoms with Gasteiger partial charge < -0.3 is 10.1 Å². The van der Waals surface area contributed by atoms with Crippen molar-refractivity contribution >= 4 is 56.4 Å². The molecule has 14 heteroatoms. The van der Waals surface area contributed by atoms with E-state index in [1.54, 1.807) is 0 Å². The molecule has 0 radical (unpaired) electrons. The SMILES string of the molecule is Cc1c(Br)c(C(F)(F)F)nn1CCC(=O)Nc1cc(Oc2ccc(Cl)cc2Cl)cc([N+](=O)[O-])c1. The number of carbonyl (C=O) groups is 1. The van der Waals surface area contributed by atoms with E-state index in [9.17, 15) is 28.1 Å². The van der Waals surface area contributed by atoms with Crippen molar-refractivity contribution in [3.8, 4) is 11.5 Å². The van der Waals surface area contributed by atoms with Gasteiger partial charge in [0.25, 0.3) is 5.69 Å². The third-order valence-corrected chi connectivity index (χ3v) is 5.94. The molecule has 34 heavy (non-hydrogen) atoms. The highest BCUT2D eigenvalue weighted by Gasteiger charge is 2.37. The van der Waals surface area contributed by atoms with Crippen molar-refractivity contribution in [2.75, 3.05) is 5.32 Å². The van der Waals surface area contributed by atoms with Gasteiger partial charge in [-0.2, -0.15) is 18.3 Å². The highest BCUT2D eigenvalue weighted by atomic mass is 79.9. The number of nitrogens with zero attached hydrogens (tertiary/aromatic N) is 3. The zero-order chi connectivity index (χ0) is 25.2. The predicted molar refractivity (Wildman–Crippen MR) is 123 cm³/mol. The summed E-state index contributed by atoms with van der Waals surface area (Å²) in [5.41, 5.74) is -1.20. The van der Waals surface area contributed by atoms with Gasteiger partial charge in [-0.15, -0.1) is 0 Å². The molecule has 3 aromatic rings. The fraction of sp³-hybridized carbons (Fsp3) is 0.200. The number of hydrogen-bond donors (Lipinski definition) is 1. The van der Waals surface area contributed by atoms with Crippen LogP contribution in [0.3, 0.4) is 0 Å². The molecule has 0 aliphatic carbocycles. The van der Waals surface area contributed by atoms with Crippen LogP contribution in [0.25, 0.3) is 0 Å². The number of rotatable bonds is 7. The predicted octanol–water partition coefficient (Wildman–Crippen LogP) is 7.01. The molecule has 3 rings (SSSR count). The zero-order valence-corrected chi connectivity index (χ0v) is 20.2. The first-order valence-electron chi connectivity index (χ1n) is 9.37. The van der Waals surface area contributed by atoms with E-state index >= 15 is 0 Å². The monoisotopic (exact) mass is 580 g/mol. The van der Waals surface area contributed by atoms with E-state index in [1.807, 2.05) is 0 Å². The average Bonchev–Trinajstić information content (AvgIpc) is 3.03.